The molecule has 28 heavy (non-hydrogen) atoms. The molecule has 146 valence electrons. The third-order valence-corrected chi connectivity index (χ3v) is 6.21. The lowest BCUT2D eigenvalue weighted by Gasteiger charge is -2.30. The lowest BCUT2D eigenvalue weighted by molar-refractivity contribution is -0.130. The lowest BCUT2D eigenvalue weighted by Crippen LogP contribution is -2.38. The SMILES string of the molecule is CC(=O)N1C[C@H]2CN(C(=O)Nc3ccc(Cl)cc3)C[C@H]2[C@@H]1c1ccccc1C. The Morgan fingerprint density at radius 2 is 1.75 bits per heavy atom. The van der Waals surface area contributed by atoms with Gasteiger partial charge in [0.2, 0.25) is 5.91 Å². The van der Waals surface area contributed by atoms with Gasteiger partial charge >= 0.3 is 6.03 Å². The van der Waals surface area contributed by atoms with Crippen LogP contribution in [-0.2, 0) is 4.79 Å². The summed E-state index contributed by atoms with van der Waals surface area (Å²) >= 11 is 5.91. The fourth-order valence-corrected chi connectivity index (χ4v) is 4.71. The van der Waals surface area contributed by atoms with Crippen molar-refractivity contribution in [2.75, 3.05) is 25.0 Å². The highest BCUT2D eigenvalue weighted by atomic mass is 35.5. The molecule has 0 radical (unpaired) electrons. The second-order valence-corrected chi connectivity index (χ2v) is 8.18. The highest BCUT2D eigenvalue weighted by Gasteiger charge is 2.49. The number of anilines is 1. The third-order valence-electron chi connectivity index (χ3n) is 5.96. The smallest absolute Gasteiger partial charge is 0.321 e. The molecule has 0 aromatic heterocycles. The van der Waals surface area contributed by atoms with Crippen LogP contribution in [0, 0.1) is 18.8 Å². The van der Waals surface area contributed by atoms with Crippen molar-refractivity contribution in [3.63, 3.8) is 0 Å². The number of urea groups is 1. The first-order valence-electron chi connectivity index (χ1n) is 9.58. The molecular weight excluding hydrogens is 374 g/mol. The molecule has 1 N–H and O–H groups in total. The Morgan fingerprint density at radius 3 is 2.43 bits per heavy atom. The van der Waals surface area contributed by atoms with Crippen molar-refractivity contribution in [2.24, 2.45) is 11.8 Å². The Labute approximate surface area is 170 Å². The Bertz CT molecular complexity index is 899. The van der Waals surface area contributed by atoms with Crippen LogP contribution >= 0.6 is 11.6 Å². The van der Waals surface area contributed by atoms with Crippen LogP contribution in [0.2, 0.25) is 5.02 Å². The molecule has 2 aliphatic rings. The van der Waals surface area contributed by atoms with E-state index in [1.165, 1.54) is 11.1 Å². The van der Waals surface area contributed by atoms with E-state index in [2.05, 4.69) is 24.4 Å². The van der Waals surface area contributed by atoms with E-state index in [1.807, 2.05) is 21.9 Å². The maximum atomic E-state index is 12.8. The summed E-state index contributed by atoms with van der Waals surface area (Å²) in [5.74, 6) is 0.644. The molecule has 3 amide bonds. The van der Waals surface area contributed by atoms with Gasteiger partial charge in [0.1, 0.15) is 0 Å². The first-order chi connectivity index (χ1) is 13.4. The number of halogens is 1. The zero-order valence-electron chi connectivity index (χ0n) is 16.1. The standard InChI is InChI=1S/C22H24ClN3O2/c1-14-5-3-4-6-19(14)21-20-13-25(11-16(20)12-26(21)15(2)27)22(28)24-18-9-7-17(23)8-10-18/h3-10,16,20-21H,11-13H2,1-2H3,(H,24,28)/t16-,20-,21+/m1/s1. The van der Waals surface area contributed by atoms with Crippen molar-refractivity contribution < 1.29 is 9.59 Å². The van der Waals surface area contributed by atoms with Gasteiger partial charge in [-0.15, -0.1) is 0 Å². The second-order valence-electron chi connectivity index (χ2n) is 7.74. The molecule has 0 spiro atoms. The Hall–Kier alpha value is -2.53. The number of rotatable bonds is 2. The zero-order chi connectivity index (χ0) is 19.8. The van der Waals surface area contributed by atoms with Crippen molar-refractivity contribution in [2.45, 2.75) is 19.9 Å². The predicted octanol–water partition coefficient (Wildman–Crippen LogP) is 4.33. The zero-order valence-corrected chi connectivity index (χ0v) is 16.8. The highest BCUT2D eigenvalue weighted by molar-refractivity contribution is 6.30. The van der Waals surface area contributed by atoms with E-state index in [4.69, 9.17) is 11.6 Å². The fourth-order valence-electron chi connectivity index (χ4n) is 4.59. The molecule has 6 heteroatoms. The number of nitrogens with one attached hydrogen (secondary N) is 1. The third kappa shape index (κ3) is 3.47. The van der Waals surface area contributed by atoms with Gasteiger partial charge in [0, 0.05) is 49.1 Å². The van der Waals surface area contributed by atoms with Crippen LogP contribution in [0.15, 0.2) is 48.5 Å². The summed E-state index contributed by atoms with van der Waals surface area (Å²) in [7, 11) is 0. The molecule has 2 aromatic carbocycles. The Morgan fingerprint density at radius 1 is 1.04 bits per heavy atom. The normalized spacial score (nSPS) is 23.6. The van der Waals surface area contributed by atoms with E-state index >= 15 is 0 Å². The van der Waals surface area contributed by atoms with Crippen LogP contribution in [0.4, 0.5) is 10.5 Å². The minimum atomic E-state index is -0.102. The van der Waals surface area contributed by atoms with Crippen LogP contribution < -0.4 is 5.32 Å². The molecule has 0 saturated carbocycles. The summed E-state index contributed by atoms with van der Waals surface area (Å²) in [5.41, 5.74) is 3.10. The van der Waals surface area contributed by atoms with Crippen LogP contribution in [0.1, 0.15) is 24.1 Å². The topological polar surface area (TPSA) is 52.7 Å². The van der Waals surface area contributed by atoms with E-state index in [0.29, 0.717) is 30.6 Å². The van der Waals surface area contributed by atoms with Gasteiger partial charge in [-0.2, -0.15) is 0 Å². The maximum Gasteiger partial charge on any atom is 0.321 e. The van der Waals surface area contributed by atoms with Crippen LogP contribution in [-0.4, -0.2) is 41.4 Å². The fraction of sp³-hybridized carbons (Fsp3) is 0.364. The van der Waals surface area contributed by atoms with Crippen LogP contribution in [0.3, 0.4) is 0 Å². The molecule has 0 unspecified atom stereocenters. The van der Waals surface area contributed by atoms with Crippen LogP contribution in [0.25, 0.3) is 0 Å². The molecule has 3 atom stereocenters. The summed E-state index contributed by atoms with van der Waals surface area (Å²) in [6.45, 7) is 5.73. The first kappa shape index (κ1) is 18.8. The first-order valence-corrected chi connectivity index (χ1v) is 9.96. The van der Waals surface area contributed by atoms with Crippen molar-refractivity contribution in [3.8, 4) is 0 Å². The molecule has 4 rings (SSSR count). The average Bonchev–Trinajstić information content (AvgIpc) is 3.22. The molecule has 2 heterocycles. The van der Waals surface area contributed by atoms with Gasteiger partial charge in [0.25, 0.3) is 0 Å². The second kappa shape index (κ2) is 7.47. The number of nitrogens with zero attached hydrogens (tertiary/aromatic N) is 2. The number of carbonyl (C=O) groups excluding carboxylic acids is 2. The van der Waals surface area contributed by atoms with Crippen molar-refractivity contribution in [3.05, 3.63) is 64.7 Å². The number of hydrogen-bond acceptors (Lipinski definition) is 2. The van der Waals surface area contributed by atoms with E-state index < -0.39 is 0 Å². The number of fused-ring (bicyclic) bond motifs is 1. The van der Waals surface area contributed by atoms with Gasteiger partial charge in [-0.05, 0) is 42.3 Å². The van der Waals surface area contributed by atoms with Gasteiger partial charge < -0.3 is 15.1 Å². The summed E-state index contributed by atoms with van der Waals surface area (Å²) in [5, 5.41) is 3.59. The number of benzene rings is 2. The van der Waals surface area contributed by atoms with Crippen LogP contribution in [0.5, 0.6) is 0 Å². The number of likely N-dealkylation sites (tertiary alicyclic amines) is 2. The van der Waals surface area contributed by atoms with Gasteiger partial charge in [0.05, 0.1) is 6.04 Å². The molecule has 0 bridgehead atoms. The van der Waals surface area contributed by atoms with Crippen molar-refractivity contribution in [1.82, 2.24) is 9.80 Å². The number of amides is 3. The van der Waals surface area contributed by atoms with E-state index in [-0.39, 0.29) is 23.9 Å². The van der Waals surface area contributed by atoms with Gasteiger partial charge in [-0.1, -0.05) is 35.9 Å². The summed E-state index contributed by atoms with van der Waals surface area (Å²) in [4.78, 5) is 28.9. The highest BCUT2D eigenvalue weighted by Crippen LogP contribution is 2.45. The quantitative estimate of drug-likeness (QED) is 0.819. The lowest BCUT2D eigenvalue weighted by atomic mass is 9.87. The summed E-state index contributed by atoms with van der Waals surface area (Å²) < 4.78 is 0. The van der Waals surface area contributed by atoms with Crippen molar-refractivity contribution in [1.29, 1.82) is 0 Å². The number of aryl methyl sites for hydroxylation is 1. The minimum absolute atomic E-state index is 0.0250. The van der Waals surface area contributed by atoms with E-state index in [1.54, 1.807) is 31.2 Å². The van der Waals surface area contributed by atoms with E-state index in [9.17, 15) is 9.59 Å². The monoisotopic (exact) mass is 397 g/mol. The van der Waals surface area contributed by atoms with Gasteiger partial charge in [-0.3, -0.25) is 4.79 Å². The molecule has 0 aliphatic carbocycles. The minimum Gasteiger partial charge on any atom is -0.335 e. The van der Waals surface area contributed by atoms with Gasteiger partial charge in [-0.25, -0.2) is 4.79 Å². The molecule has 2 saturated heterocycles. The average molecular weight is 398 g/mol. The Kier molecular flexibility index (Phi) is 5.02. The summed E-state index contributed by atoms with van der Waals surface area (Å²) in [6, 6.07) is 15.3. The number of carbonyl (C=O) groups is 2. The Balaban J connectivity index is 1.53. The molecular formula is C22H24ClN3O2. The molecule has 2 aromatic rings. The molecule has 2 fully saturated rings. The number of hydrogen-bond donors (Lipinski definition) is 1. The largest absolute Gasteiger partial charge is 0.335 e. The van der Waals surface area contributed by atoms with Gasteiger partial charge in [0.15, 0.2) is 0 Å². The van der Waals surface area contributed by atoms with Crippen molar-refractivity contribution >= 4 is 29.2 Å². The maximum absolute atomic E-state index is 12.8. The molecule has 5 nitrogen and oxygen atoms in total. The molecule has 2 aliphatic heterocycles. The predicted molar refractivity (Wildman–Crippen MR) is 110 cm³/mol. The summed E-state index contributed by atoms with van der Waals surface area (Å²) in [6.07, 6.45) is 0. The van der Waals surface area contributed by atoms with E-state index in [0.717, 1.165) is 5.69 Å².